The van der Waals surface area contributed by atoms with E-state index in [1.165, 1.54) is 0 Å². The second-order valence-corrected chi connectivity index (χ2v) is 2.47. The molecule has 0 saturated carbocycles. The Morgan fingerprint density at radius 2 is 1.80 bits per heavy atom. The molecule has 0 atom stereocenters. The average Bonchev–Trinajstić information content (AvgIpc) is 1.53. The smallest absolute Gasteiger partial charge is 0.449 e. The summed E-state index contributed by atoms with van der Waals surface area (Å²) in [4.78, 5) is 0. The fraction of sp³-hybridized carbons (Fsp3) is 1.00. The maximum Gasteiger partial charge on any atom is 1.00 e. The van der Waals surface area contributed by atoms with Gasteiger partial charge in [0.05, 0.1) is 0 Å². The molecule has 10 heavy (non-hydrogen) atoms. The molecule has 0 radical (unpaired) electrons. The maximum atomic E-state index is 11.6. The molecule has 1 N–H and O–H groups in total. The summed E-state index contributed by atoms with van der Waals surface area (Å²) in [5.41, 5.74) is 0. The molecular formula is C4H8BF3KN. The van der Waals surface area contributed by atoms with Crippen LogP contribution in [0.15, 0.2) is 0 Å². The first-order valence-corrected chi connectivity index (χ1v) is 2.99. The van der Waals surface area contributed by atoms with Crippen molar-refractivity contribution < 1.29 is 64.3 Å². The van der Waals surface area contributed by atoms with Crippen LogP contribution in [0.4, 0.5) is 12.9 Å². The Labute approximate surface area is 101 Å². The molecule has 1 rings (SSSR count). The minimum Gasteiger partial charge on any atom is -0.449 e. The Balaban J connectivity index is 0.000000810. The third kappa shape index (κ3) is 4.35. The van der Waals surface area contributed by atoms with Gasteiger partial charge in [0.1, 0.15) is 0 Å². The SMILES string of the molecule is F[B-](F)(F)CC1CNC1.[K+]. The minimum atomic E-state index is -4.53. The van der Waals surface area contributed by atoms with E-state index in [4.69, 9.17) is 0 Å². The molecule has 0 aromatic rings. The quantitative estimate of drug-likeness (QED) is 0.484. The second kappa shape index (κ2) is 4.47. The van der Waals surface area contributed by atoms with Gasteiger partial charge in [0, 0.05) is 0 Å². The first-order chi connectivity index (χ1) is 4.08. The summed E-state index contributed by atoms with van der Waals surface area (Å²) in [5.74, 6) is -0.134. The molecule has 0 bridgehead atoms. The van der Waals surface area contributed by atoms with Gasteiger partial charge in [-0.15, -0.1) is 0 Å². The van der Waals surface area contributed by atoms with Crippen LogP contribution >= 0.6 is 0 Å². The van der Waals surface area contributed by atoms with Gasteiger partial charge in [-0.3, -0.25) is 0 Å². The Bertz CT molecular complexity index is 103. The monoisotopic (exact) mass is 177 g/mol. The minimum absolute atomic E-state index is 0. The molecule has 1 saturated heterocycles. The molecule has 1 aliphatic heterocycles. The number of nitrogens with one attached hydrogen (secondary N) is 1. The van der Waals surface area contributed by atoms with Crippen LogP contribution in [0.2, 0.25) is 6.32 Å². The van der Waals surface area contributed by atoms with Crippen LogP contribution in [0, 0.1) is 5.92 Å². The molecular weight excluding hydrogens is 169 g/mol. The first kappa shape index (κ1) is 11.5. The summed E-state index contributed by atoms with van der Waals surface area (Å²) in [7, 11) is 0. The Kier molecular flexibility index (Phi) is 5.12. The fourth-order valence-electron chi connectivity index (χ4n) is 0.893. The largest absolute Gasteiger partial charge is 1.00 e. The summed E-state index contributed by atoms with van der Waals surface area (Å²) in [6, 6.07) is 0. The van der Waals surface area contributed by atoms with E-state index < -0.39 is 13.3 Å². The molecule has 0 spiro atoms. The Morgan fingerprint density at radius 1 is 1.30 bits per heavy atom. The molecule has 0 unspecified atom stereocenters. The maximum absolute atomic E-state index is 11.6. The summed E-state index contributed by atoms with van der Waals surface area (Å²) < 4.78 is 34.7. The van der Waals surface area contributed by atoms with Crippen molar-refractivity contribution in [2.24, 2.45) is 5.92 Å². The molecule has 1 heterocycles. The zero-order valence-corrected chi connectivity index (χ0v) is 9.03. The number of hydrogen-bond acceptors (Lipinski definition) is 1. The fourth-order valence-corrected chi connectivity index (χ4v) is 0.893. The van der Waals surface area contributed by atoms with Gasteiger partial charge in [-0.05, 0) is 19.0 Å². The molecule has 1 nitrogen and oxygen atoms in total. The number of rotatable bonds is 2. The predicted molar refractivity (Wildman–Crippen MR) is 30.2 cm³/mol. The molecule has 0 amide bonds. The Morgan fingerprint density at radius 3 is 1.90 bits per heavy atom. The standard InChI is InChI=1S/C4H8BF3N.K/c6-5(7,8)1-4-2-9-3-4;/h4,9H,1-3H2;/q-1;+1. The van der Waals surface area contributed by atoms with E-state index in [0.717, 1.165) is 0 Å². The van der Waals surface area contributed by atoms with Crippen molar-refractivity contribution in [3.8, 4) is 0 Å². The summed E-state index contributed by atoms with van der Waals surface area (Å²) in [5, 5.41) is 2.79. The molecule has 54 valence electrons. The van der Waals surface area contributed by atoms with Crippen molar-refractivity contribution in [1.29, 1.82) is 0 Å². The van der Waals surface area contributed by atoms with Crippen molar-refractivity contribution >= 4 is 6.98 Å². The van der Waals surface area contributed by atoms with Gasteiger partial charge < -0.3 is 18.3 Å². The molecule has 6 heteroatoms. The summed E-state index contributed by atoms with van der Waals surface area (Å²) in [6.07, 6.45) is -0.562. The number of hydrogen-bond donors (Lipinski definition) is 1. The molecule has 0 aliphatic carbocycles. The summed E-state index contributed by atoms with van der Waals surface area (Å²) >= 11 is 0. The van der Waals surface area contributed by atoms with E-state index in [9.17, 15) is 12.9 Å². The van der Waals surface area contributed by atoms with Gasteiger partial charge in [0.2, 0.25) is 0 Å². The van der Waals surface area contributed by atoms with Crippen LogP contribution in [0.25, 0.3) is 0 Å². The van der Waals surface area contributed by atoms with E-state index in [1.54, 1.807) is 0 Å². The van der Waals surface area contributed by atoms with Gasteiger partial charge in [0.15, 0.2) is 0 Å². The second-order valence-electron chi connectivity index (χ2n) is 2.47. The van der Waals surface area contributed by atoms with Gasteiger partial charge in [-0.25, -0.2) is 0 Å². The van der Waals surface area contributed by atoms with Gasteiger partial charge >= 0.3 is 58.4 Å². The third-order valence-electron chi connectivity index (χ3n) is 1.47. The van der Waals surface area contributed by atoms with Crippen LogP contribution in [0.1, 0.15) is 0 Å². The van der Waals surface area contributed by atoms with E-state index >= 15 is 0 Å². The first-order valence-electron chi connectivity index (χ1n) is 2.99. The van der Waals surface area contributed by atoms with Crippen LogP contribution in [-0.4, -0.2) is 20.1 Å². The van der Waals surface area contributed by atoms with Crippen molar-refractivity contribution in [3.63, 3.8) is 0 Å². The van der Waals surface area contributed by atoms with E-state index in [2.05, 4.69) is 5.32 Å². The van der Waals surface area contributed by atoms with E-state index in [-0.39, 0.29) is 57.3 Å². The normalized spacial score (nSPS) is 19.5. The number of halogens is 3. The zero-order chi connectivity index (χ0) is 6.91. The molecule has 0 aromatic carbocycles. The Hall–Kier alpha value is 1.45. The van der Waals surface area contributed by atoms with Crippen molar-refractivity contribution in [3.05, 3.63) is 0 Å². The van der Waals surface area contributed by atoms with Crippen LogP contribution in [0.3, 0.4) is 0 Å². The van der Waals surface area contributed by atoms with Crippen molar-refractivity contribution in [2.45, 2.75) is 6.32 Å². The molecule has 1 fully saturated rings. The molecule has 0 aromatic heterocycles. The van der Waals surface area contributed by atoms with E-state index in [1.807, 2.05) is 0 Å². The van der Waals surface area contributed by atoms with Crippen molar-refractivity contribution in [2.75, 3.05) is 13.1 Å². The van der Waals surface area contributed by atoms with E-state index in [0.29, 0.717) is 13.1 Å². The van der Waals surface area contributed by atoms with Crippen LogP contribution in [-0.2, 0) is 0 Å². The van der Waals surface area contributed by atoms with Gasteiger partial charge in [-0.1, -0.05) is 6.32 Å². The van der Waals surface area contributed by atoms with Gasteiger partial charge in [0.25, 0.3) is 0 Å². The average molecular weight is 177 g/mol. The third-order valence-corrected chi connectivity index (χ3v) is 1.47. The molecule has 1 aliphatic rings. The summed E-state index contributed by atoms with van der Waals surface area (Å²) in [6.45, 7) is -3.45. The van der Waals surface area contributed by atoms with Gasteiger partial charge in [-0.2, -0.15) is 0 Å². The van der Waals surface area contributed by atoms with Crippen LogP contribution in [0.5, 0.6) is 0 Å². The van der Waals surface area contributed by atoms with Crippen LogP contribution < -0.4 is 56.7 Å². The zero-order valence-electron chi connectivity index (χ0n) is 5.91. The topological polar surface area (TPSA) is 12.0 Å². The predicted octanol–water partition coefficient (Wildman–Crippen LogP) is -1.94. The van der Waals surface area contributed by atoms with Crippen molar-refractivity contribution in [1.82, 2.24) is 5.32 Å².